The molecule has 1 aromatic carbocycles. The van der Waals surface area contributed by atoms with Gasteiger partial charge >= 0.3 is 0 Å². The number of aromatic amines is 1. The van der Waals surface area contributed by atoms with Crippen LogP contribution in [-0.4, -0.2) is 20.9 Å². The Morgan fingerprint density at radius 1 is 1.35 bits per heavy atom. The average Bonchev–Trinajstić information content (AvgIpc) is 2.35. The van der Waals surface area contributed by atoms with Gasteiger partial charge in [-0.05, 0) is 37.6 Å². The summed E-state index contributed by atoms with van der Waals surface area (Å²) in [4.78, 5) is 30.4. The lowest BCUT2D eigenvalue weighted by Gasteiger charge is -2.01. The zero-order valence-electron chi connectivity index (χ0n) is 11.2. The highest BCUT2D eigenvalue weighted by Crippen LogP contribution is 2.12. The summed E-state index contributed by atoms with van der Waals surface area (Å²) in [5.74, 6) is 0.172. The molecule has 2 rings (SSSR count). The van der Waals surface area contributed by atoms with Crippen molar-refractivity contribution in [3.63, 3.8) is 0 Å². The maximum Gasteiger partial charge on any atom is 0.262 e. The topological polar surface area (TPSA) is 83.0 Å². The number of benzene rings is 1. The van der Waals surface area contributed by atoms with Crippen molar-refractivity contribution in [3.8, 4) is 5.75 Å². The average molecular weight is 270 g/mol. The molecule has 1 heterocycles. The van der Waals surface area contributed by atoms with Gasteiger partial charge in [0.05, 0.1) is 5.69 Å². The van der Waals surface area contributed by atoms with Crippen molar-refractivity contribution in [2.24, 2.45) is 0 Å². The van der Waals surface area contributed by atoms with Gasteiger partial charge in [-0.25, -0.2) is 4.98 Å². The fourth-order valence-corrected chi connectivity index (χ4v) is 1.90. The lowest BCUT2D eigenvalue weighted by atomic mass is 10.1. The molecule has 2 aromatic rings. The number of aromatic nitrogens is 2. The minimum Gasteiger partial charge on any atom is -0.508 e. The van der Waals surface area contributed by atoms with Crippen LogP contribution in [0.3, 0.4) is 0 Å². The summed E-state index contributed by atoms with van der Waals surface area (Å²) in [7, 11) is 0. The highest BCUT2D eigenvalue weighted by atomic mass is 16.3. The number of carbonyl (C=O) groups is 1. The fraction of sp³-hybridized carbons (Fsp3) is 0.133. The highest BCUT2D eigenvalue weighted by molar-refractivity contribution is 6.07. The minimum atomic E-state index is -0.444. The molecule has 0 bridgehead atoms. The van der Waals surface area contributed by atoms with Crippen LogP contribution in [0.2, 0.25) is 0 Å². The number of phenols is 1. The number of H-pyrrole nitrogens is 1. The number of hydrogen-bond donors (Lipinski definition) is 2. The van der Waals surface area contributed by atoms with Crippen LogP contribution >= 0.6 is 0 Å². The standard InChI is InChI=1S/C15H14N2O3/c1-9-14(15(20)17-10(2)16-9)13(19)7-6-11-4-3-5-12(18)8-11/h3-8,18H,1-2H3,(H,16,17,20). The first-order valence-corrected chi connectivity index (χ1v) is 6.06. The molecule has 0 aliphatic carbocycles. The Labute approximate surface area is 115 Å². The van der Waals surface area contributed by atoms with Crippen molar-refractivity contribution in [3.05, 3.63) is 63.3 Å². The molecule has 1 aromatic heterocycles. The van der Waals surface area contributed by atoms with Crippen LogP contribution in [0.5, 0.6) is 5.75 Å². The first-order valence-electron chi connectivity index (χ1n) is 6.06. The fourth-order valence-electron chi connectivity index (χ4n) is 1.90. The lowest BCUT2D eigenvalue weighted by Crippen LogP contribution is -2.21. The van der Waals surface area contributed by atoms with E-state index >= 15 is 0 Å². The lowest BCUT2D eigenvalue weighted by molar-refractivity contribution is 0.104. The number of aromatic hydroxyl groups is 1. The van der Waals surface area contributed by atoms with Gasteiger partial charge in [-0.3, -0.25) is 9.59 Å². The van der Waals surface area contributed by atoms with E-state index < -0.39 is 11.3 Å². The number of nitrogens with one attached hydrogen (secondary N) is 1. The molecule has 0 atom stereocenters. The molecule has 0 amide bonds. The molecule has 20 heavy (non-hydrogen) atoms. The Balaban J connectivity index is 2.32. The van der Waals surface area contributed by atoms with E-state index in [1.54, 1.807) is 32.1 Å². The van der Waals surface area contributed by atoms with Crippen LogP contribution in [0.4, 0.5) is 0 Å². The number of carbonyl (C=O) groups excluding carboxylic acids is 1. The third-order valence-electron chi connectivity index (χ3n) is 2.76. The van der Waals surface area contributed by atoms with Crippen molar-refractivity contribution in [2.75, 3.05) is 0 Å². The smallest absolute Gasteiger partial charge is 0.262 e. The third kappa shape index (κ3) is 3.00. The van der Waals surface area contributed by atoms with Crippen molar-refractivity contribution in [1.29, 1.82) is 0 Å². The molecular weight excluding hydrogens is 256 g/mol. The van der Waals surface area contributed by atoms with E-state index in [0.717, 1.165) is 0 Å². The molecule has 0 saturated carbocycles. The second-order valence-corrected chi connectivity index (χ2v) is 4.40. The van der Waals surface area contributed by atoms with E-state index in [4.69, 9.17) is 0 Å². The second kappa shape index (κ2) is 5.52. The maximum absolute atomic E-state index is 12.0. The van der Waals surface area contributed by atoms with E-state index in [1.807, 2.05) is 0 Å². The number of aryl methyl sites for hydroxylation is 2. The predicted octanol–water partition coefficient (Wildman–Crippen LogP) is 1.99. The molecule has 0 spiro atoms. The minimum absolute atomic E-state index is 0.0343. The Hall–Kier alpha value is -2.69. The number of phenolic OH excluding ortho intramolecular Hbond substituents is 1. The van der Waals surface area contributed by atoms with Gasteiger partial charge in [0.2, 0.25) is 0 Å². The summed E-state index contributed by atoms with van der Waals surface area (Å²) in [5, 5.41) is 9.33. The van der Waals surface area contributed by atoms with Gasteiger partial charge in [0.25, 0.3) is 5.56 Å². The zero-order valence-corrected chi connectivity index (χ0v) is 11.2. The summed E-state index contributed by atoms with van der Waals surface area (Å²) in [5.41, 5.74) is 0.664. The summed E-state index contributed by atoms with van der Waals surface area (Å²) in [6.45, 7) is 3.28. The number of rotatable bonds is 3. The van der Waals surface area contributed by atoms with E-state index in [1.165, 1.54) is 18.2 Å². The van der Waals surface area contributed by atoms with Crippen LogP contribution in [0.25, 0.3) is 6.08 Å². The van der Waals surface area contributed by atoms with Crippen molar-refractivity contribution >= 4 is 11.9 Å². The normalized spacial score (nSPS) is 10.9. The van der Waals surface area contributed by atoms with Gasteiger partial charge in [0, 0.05) is 0 Å². The molecule has 5 heteroatoms. The van der Waals surface area contributed by atoms with Gasteiger partial charge < -0.3 is 10.1 Å². The van der Waals surface area contributed by atoms with Gasteiger partial charge in [-0.1, -0.05) is 18.2 Å². The largest absolute Gasteiger partial charge is 0.508 e. The molecule has 0 aliphatic rings. The second-order valence-electron chi connectivity index (χ2n) is 4.40. The van der Waals surface area contributed by atoms with Crippen molar-refractivity contribution in [1.82, 2.24) is 9.97 Å². The van der Waals surface area contributed by atoms with Crippen LogP contribution in [0.1, 0.15) is 27.4 Å². The Kier molecular flexibility index (Phi) is 3.79. The summed E-state index contributed by atoms with van der Waals surface area (Å²) < 4.78 is 0. The van der Waals surface area contributed by atoms with E-state index in [9.17, 15) is 14.7 Å². The molecule has 0 radical (unpaired) electrons. The maximum atomic E-state index is 12.0. The SMILES string of the molecule is Cc1nc(C)c(C(=O)C=Cc2cccc(O)c2)c(=O)[nH]1. The van der Waals surface area contributed by atoms with Gasteiger partial charge in [0.1, 0.15) is 17.1 Å². The van der Waals surface area contributed by atoms with Crippen LogP contribution < -0.4 is 5.56 Å². The number of hydrogen-bond acceptors (Lipinski definition) is 4. The Morgan fingerprint density at radius 2 is 2.10 bits per heavy atom. The third-order valence-corrected chi connectivity index (χ3v) is 2.76. The Bertz CT molecular complexity index is 745. The first-order chi connectivity index (χ1) is 9.47. The molecule has 0 fully saturated rings. The van der Waals surface area contributed by atoms with Gasteiger partial charge in [-0.15, -0.1) is 0 Å². The van der Waals surface area contributed by atoms with E-state index in [2.05, 4.69) is 9.97 Å². The Morgan fingerprint density at radius 3 is 2.75 bits per heavy atom. The molecule has 0 unspecified atom stereocenters. The van der Waals surface area contributed by atoms with Gasteiger partial charge in [-0.2, -0.15) is 0 Å². The summed E-state index contributed by atoms with van der Waals surface area (Å²) >= 11 is 0. The molecule has 0 aliphatic heterocycles. The number of allylic oxidation sites excluding steroid dienone is 1. The van der Waals surface area contributed by atoms with Crippen LogP contribution in [-0.2, 0) is 0 Å². The van der Waals surface area contributed by atoms with Gasteiger partial charge in [0.15, 0.2) is 5.78 Å². The van der Waals surface area contributed by atoms with E-state index in [0.29, 0.717) is 17.1 Å². The predicted molar refractivity (Wildman–Crippen MR) is 75.8 cm³/mol. The number of nitrogens with zero attached hydrogens (tertiary/aromatic N) is 1. The highest BCUT2D eigenvalue weighted by Gasteiger charge is 2.12. The summed E-state index contributed by atoms with van der Waals surface area (Å²) in [6, 6.07) is 6.48. The van der Waals surface area contributed by atoms with Crippen LogP contribution in [0, 0.1) is 13.8 Å². The molecule has 2 N–H and O–H groups in total. The molecular formula is C15H14N2O3. The van der Waals surface area contributed by atoms with E-state index in [-0.39, 0.29) is 11.3 Å². The number of ketones is 1. The van der Waals surface area contributed by atoms with Crippen molar-refractivity contribution in [2.45, 2.75) is 13.8 Å². The first kappa shape index (κ1) is 13.7. The molecule has 102 valence electrons. The monoisotopic (exact) mass is 270 g/mol. The molecule has 0 saturated heterocycles. The quantitative estimate of drug-likeness (QED) is 0.660. The van der Waals surface area contributed by atoms with Crippen LogP contribution in [0.15, 0.2) is 35.1 Å². The molecule has 5 nitrogen and oxygen atoms in total. The zero-order chi connectivity index (χ0) is 14.7. The summed E-state index contributed by atoms with van der Waals surface area (Å²) in [6.07, 6.45) is 2.84. The van der Waals surface area contributed by atoms with Crippen molar-refractivity contribution < 1.29 is 9.90 Å².